The summed E-state index contributed by atoms with van der Waals surface area (Å²) in [5.74, 6) is -0.953. The van der Waals surface area contributed by atoms with Gasteiger partial charge in [-0.3, -0.25) is 4.68 Å². The van der Waals surface area contributed by atoms with E-state index in [0.29, 0.717) is 0 Å². The lowest BCUT2D eigenvalue weighted by atomic mass is 10.2. The van der Waals surface area contributed by atoms with E-state index in [9.17, 15) is 4.79 Å². The highest BCUT2D eigenvalue weighted by Crippen LogP contribution is 2.27. The molecule has 0 saturated carbocycles. The van der Waals surface area contributed by atoms with Gasteiger partial charge in [0, 0.05) is 18.3 Å². The van der Waals surface area contributed by atoms with Gasteiger partial charge in [-0.2, -0.15) is 10.2 Å². The third kappa shape index (κ3) is 1.44. The predicted molar refractivity (Wildman–Crippen MR) is 59.3 cm³/mol. The Morgan fingerprint density at radius 3 is 2.94 bits per heavy atom. The van der Waals surface area contributed by atoms with Crippen LogP contribution >= 0.6 is 0 Å². The molecule has 0 saturated heterocycles. The minimum Gasteiger partial charge on any atom is -0.476 e. The van der Waals surface area contributed by atoms with Gasteiger partial charge >= 0.3 is 5.97 Å². The van der Waals surface area contributed by atoms with Crippen LogP contribution in [0.1, 0.15) is 28.2 Å². The second-order valence-corrected chi connectivity index (χ2v) is 4.22. The Morgan fingerprint density at radius 1 is 1.47 bits per heavy atom. The summed E-state index contributed by atoms with van der Waals surface area (Å²) in [4.78, 5) is 11.1. The maximum atomic E-state index is 11.1. The molecule has 17 heavy (non-hydrogen) atoms. The molecule has 6 nitrogen and oxygen atoms in total. The van der Waals surface area contributed by atoms with E-state index >= 15 is 0 Å². The molecule has 0 atom stereocenters. The molecule has 0 amide bonds. The highest BCUT2D eigenvalue weighted by Gasteiger charge is 2.26. The van der Waals surface area contributed by atoms with E-state index < -0.39 is 5.97 Å². The van der Waals surface area contributed by atoms with E-state index in [0.717, 1.165) is 36.2 Å². The van der Waals surface area contributed by atoms with Crippen molar-refractivity contribution in [2.75, 3.05) is 0 Å². The molecule has 1 N–H and O–H groups in total. The molecule has 3 rings (SSSR count). The smallest absolute Gasteiger partial charge is 0.356 e. The second-order valence-electron chi connectivity index (χ2n) is 4.22. The van der Waals surface area contributed by atoms with Crippen molar-refractivity contribution in [3.8, 4) is 5.69 Å². The first-order valence-corrected chi connectivity index (χ1v) is 5.50. The van der Waals surface area contributed by atoms with E-state index in [1.807, 2.05) is 13.2 Å². The number of aryl methyl sites for hydroxylation is 1. The lowest BCUT2D eigenvalue weighted by Crippen LogP contribution is -2.04. The number of carboxylic acids is 1. The molecule has 0 spiro atoms. The van der Waals surface area contributed by atoms with Crippen LogP contribution < -0.4 is 0 Å². The van der Waals surface area contributed by atoms with Gasteiger partial charge in [0.25, 0.3) is 0 Å². The first-order chi connectivity index (χ1) is 8.16. The van der Waals surface area contributed by atoms with E-state index in [1.54, 1.807) is 15.6 Å². The minimum absolute atomic E-state index is 0.182. The average molecular weight is 232 g/mol. The van der Waals surface area contributed by atoms with Crippen molar-refractivity contribution >= 4 is 5.97 Å². The van der Waals surface area contributed by atoms with Gasteiger partial charge in [-0.25, -0.2) is 9.48 Å². The zero-order valence-electron chi connectivity index (χ0n) is 9.42. The van der Waals surface area contributed by atoms with Crippen LogP contribution in [0, 0.1) is 0 Å². The summed E-state index contributed by atoms with van der Waals surface area (Å²) in [7, 11) is 1.82. The zero-order valence-corrected chi connectivity index (χ0v) is 9.42. The number of aromatic carboxylic acids is 1. The van der Waals surface area contributed by atoms with Gasteiger partial charge in [-0.15, -0.1) is 0 Å². The standard InChI is InChI=1S/C11H12N4O2/c1-14-6-7(5-12-14)15-9-4-2-3-8(9)10(13-15)11(16)17/h5-6H,2-4H2,1H3,(H,16,17). The van der Waals surface area contributed by atoms with Crippen LogP contribution in [0.4, 0.5) is 0 Å². The Morgan fingerprint density at radius 2 is 2.29 bits per heavy atom. The van der Waals surface area contributed by atoms with Crippen molar-refractivity contribution in [3.05, 3.63) is 29.3 Å². The van der Waals surface area contributed by atoms with Crippen LogP contribution in [0.3, 0.4) is 0 Å². The Labute approximate surface area is 97.5 Å². The average Bonchev–Trinajstić information content (AvgIpc) is 2.90. The summed E-state index contributed by atoms with van der Waals surface area (Å²) in [6.07, 6.45) is 6.20. The van der Waals surface area contributed by atoms with Crippen LogP contribution in [-0.4, -0.2) is 30.6 Å². The number of fused-ring (bicyclic) bond motifs is 1. The SMILES string of the molecule is Cn1cc(-n2nc(C(=O)O)c3c2CCC3)cn1. The summed E-state index contributed by atoms with van der Waals surface area (Å²) in [5, 5.41) is 17.4. The quantitative estimate of drug-likeness (QED) is 0.830. The summed E-state index contributed by atoms with van der Waals surface area (Å²) < 4.78 is 3.39. The van der Waals surface area contributed by atoms with E-state index in [4.69, 9.17) is 5.11 Å². The third-order valence-electron chi connectivity index (χ3n) is 3.07. The molecule has 0 radical (unpaired) electrons. The molecular weight excluding hydrogens is 220 g/mol. The number of nitrogens with zero attached hydrogens (tertiary/aromatic N) is 4. The third-order valence-corrected chi connectivity index (χ3v) is 3.07. The van der Waals surface area contributed by atoms with Crippen molar-refractivity contribution in [1.29, 1.82) is 0 Å². The number of rotatable bonds is 2. The van der Waals surface area contributed by atoms with Crippen molar-refractivity contribution in [1.82, 2.24) is 19.6 Å². The summed E-state index contributed by atoms with van der Waals surface area (Å²) >= 11 is 0. The number of hydrogen-bond acceptors (Lipinski definition) is 3. The molecule has 0 bridgehead atoms. The maximum Gasteiger partial charge on any atom is 0.356 e. The van der Waals surface area contributed by atoms with Gasteiger partial charge in [0.2, 0.25) is 0 Å². The molecule has 1 aliphatic rings. The monoisotopic (exact) mass is 232 g/mol. The molecule has 0 unspecified atom stereocenters. The van der Waals surface area contributed by atoms with E-state index in [-0.39, 0.29) is 5.69 Å². The lowest BCUT2D eigenvalue weighted by molar-refractivity contribution is 0.0689. The van der Waals surface area contributed by atoms with Crippen LogP contribution in [0.25, 0.3) is 5.69 Å². The molecule has 2 aromatic rings. The van der Waals surface area contributed by atoms with Gasteiger partial charge in [-0.05, 0) is 19.3 Å². The molecule has 6 heteroatoms. The van der Waals surface area contributed by atoms with Gasteiger partial charge in [-0.1, -0.05) is 0 Å². The zero-order chi connectivity index (χ0) is 12.0. The fourth-order valence-corrected chi connectivity index (χ4v) is 2.34. The maximum absolute atomic E-state index is 11.1. The van der Waals surface area contributed by atoms with Crippen molar-refractivity contribution in [2.45, 2.75) is 19.3 Å². The molecule has 0 aromatic carbocycles. The molecule has 88 valence electrons. The van der Waals surface area contributed by atoms with Crippen LogP contribution in [0.15, 0.2) is 12.4 Å². The van der Waals surface area contributed by atoms with Gasteiger partial charge in [0.05, 0.1) is 12.4 Å². The Hall–Kier alpha value is -2.11. The molecule has 1 aliphatic carbocycles. The van der Waals surface area contributed by atoms with Gasteiger partial charge in [0.15, 0.2) is 5.69 Å². The lowest BCUT2D eigenvalue weighted by Gasteiger charge is -2.00. The first kappa shape index (κ1) is 10.1. The molecule has 0 aliphatic heterocycles. The fourth-order valence-electron chi connectivity index (χ4n) is 2.34. The van der Waals surface area contributed by atoms with Crippen LogP contribution in [-0.2, 0) is 19.9 Å². The highest BCUT2D eigenvalue weighted by molar-refractivity contribution is 5.87. The van der Waals surface area contributed by atoms with Gasteiger partial charge < -0.3 is 5.11 Å². The van der Waals surface area contributed by atoms with Crippen molar-refractivity contribution in [3.63, 3.8) is 0 Å². The Bertz CT molecular complexity index is 597. The predicted octanol–water partition coefficient (Wildman–Crippen LogP) is 0.793. The second kappa shape index (κ2) is 3.44. The van der Waals surface area contributed by atoms with Crippen molar-refractivity contribution in [2.24, 2.45) is 7.05 Å². The Kier molecular flexibility index (Phi) is 2.04. The number of carbonyl (C=O) groups is 1. The van der Waals surface area contributed by atoms with Crippen LogP contribution in [0.5, 0.6) is 0 Å². The first-order valence-electron chi connectivity index (χ1n) is 5.50. The fraction of sp³-hybridized carbons (Fsp3) is 0.364. The topological polar surface area (TPSA) is 72.9 Å². The number of carboxylic acid groups (broad SMARTS) is 1. The number of hydrogen-bond donors (Lipinski definition) is 1. The molecule has 2 aromatic heterocycles. The minimum atomic E-state index is -0.953. The highest BCUT2D eigenvalue weighted by atomic mass is 16.4. The van der Waals surface area contributed by atoms with Gasteiger partial charge in [0.1, 0.15) is 5.69 Å². The van der Waals surface area contributed by atoms with E-state index in [2.05, 4.69) is 10.2 Å². The van der Waals surface area contributed by atoms with Crippen molar-refractivity contribution < 1.29 is 9.90 Å². The summed E-state index contributed by atoms with van der Waals surface area (Å²) in [6.45, 7) is 0. The Balaban J connectivity index is 2.18. The molecule has 0 fully saturated rings. The van der Waals surface area contributed by atoms with E-state index in [1.165, 1.54) is 0 Å². The largest absolute Gasteiger partial charge is 0.476 e. The molecular formula is C11H12N4O2. The normalized spacial score (nSPS) is 13.9. The molecule has 2 heterocycles. The van der Waals surface area contributed by atoms with Crippen LogP contribution in [0.2, 0.25) is 0 Å². The summed E-state index contributed by atoms with van der Waals surface area (Å²) in [6, 6.07) is 0. The number of aromatic nitrogens is 4. The summed E-state index contributed by atoms with van der Waals surface area (Å²) in [5.41, 5.74) is 2.89.